The molecule has 3 aromatic rings. The first kappa shape index (κ1) is 23.5. The topological polar surface area (TPSA) is 59.8 Å². The molecule has 0 aliphatic carbocycles. The average Bonchev–Trinajstić information content (AvgIpc) is 3.28. The number of esters is 1. The third kappa shape index (κ3) is 6.42. The number of ether oxygens (including phenoxy) is 1. The molecule has 0 N–H and O–H groups in total. The second kappa shape index (κ2) is 11.5. The van der Waals surface area contributed by atoms with Crippen molar-refractivity contribution in [3.05, 3.63) is 88.5 Å². The summed E-state index contributed by atoms with van der Waals surface area (Å²) in [5.41, 5.74) is 2.44. The number of thiocarbonyl (C=S) groups is 1. The van der Waals surface area contributed by atoms with Crippen molar-refractivity contribution in [2.75, 3.05) is 13.7 Å². The predicted molar refractivity (Wildman–Crippen MR) is 132 cm³/mol. The first-order valence-corrected chi connectivity index (χ1v) is 11.2. The van der Waals surface area contributed by atoms with E-state index in [0.29, 0.717) is 39.5 Å². The van der Waals surface area contributed by atoms with Gasteiger partial charge in [-0.2, -0.15) is 0 Å². The first-order chi connectivity index (χ1) is 15.5. The Kier molecular flexibility index (Phi) is 8.41. The van der Waals surface area contributed by atoms with Crippen LogP contribution in [-0.2, 0) is 16.1 Å². The van der Waals surface area contributed by atoms with Crippen molar-refractivity contribution < 1.29 is 18.7 Å². The number of benzene rings is 2. The van der Waals surface area contributed by atoms with E-state index in [0.717, 1.165) is 17.4 Å². The van der Waals surface area contributed by atoms with Gasteiger partial charge in [-0.05, 0) is 42.8 Å². The lowest BCUT2D eigenvalue weighted by molar-refractivity contribution is -0.104. The van der Waals surface area contributed by atoms with Gasteiger partial charge >= 0.3 is 5.97 Å². The highest BCUT2D eigenvalue weighted by Crippen LogP contribution is 2.27. The smallest absolute Gasteiger partial charge is 0.338 e. The molecule has 164 valence electrons. The molecule has 5 nitrogen and oxygen atoms in total. The van der Waals surface area contributed by atoms with Crippen LogP contribution in [0.25, 0.3) is 17.4 Å². The highest BCUT2D eigenvalue weighted by Gasteiger charge is 2.11. The van der Waals surface area contributed by atoms with E-state index in [1.165, 1.54) is 11.8 Å². The zero-order chi connectivity index (χ0) is 22.9. The first-order valence-electron chi connectivity index (χ1n) is 10.0. The molecule has 0 spiro atoms. The summed E-state index contributed by atoms with van der Waals surface area (Å²) in [6.07, 6.45) is 2.43. The zero-order valence-corrected chi connectivity index (χ0v) is 19.4. The Labute approximate surface area is 197 Å². The molecule has 32 heavy (non-hydrogen) atoms. The molecule has 0 fully saturated rings. The van der Waals surface area contributed by atoms with E-state index in [4.69, 9.17) is 21.4 Å². The van der Waals surface area contributed by atoms with Crippen LogP contribution in [0.15, 0.2) is 76.1 Å². The molecule has 1 aromatic heterocycles. The second-order valence-electron chi connectivity index (χ2n) is 6.87. The summed E-state index contributed by atoms with van der Waals surface area (Å²) in [5, 5.41) is 0. The molecule has 0 saturated heterocycles. The molecule has 0 amide bonds. The number of nitrogens with zero attached hydrogens (tertiary/aromatic N) is 1. The maximum atomic E-state index is 11.8. The largest absolute Gasteiger partial charge is 0.462 e. The van der Waals surface area contributed by atoms with E-state index < -0.39 is 0 Å². The minimum Gasteiger partial charge on any atom is -0.462 e. The Bertz CT molecular complexity index is 1100. The van der Waals surface area contributed by atoms with E-state index in [2.05, 4.69) is 0 Å². The van der Waals surface area contributed by atoms with E-state index in [1.807, 2.05) is 48.3 Å². The standard InChI is InChI=1S/C25H23NO4S2/c1-3-29-24(28)20-11-9-19(10-12-20)23-14-13-21(30-23)15-22(17-27)32-25(31)26(2)16-18-7-5-4-6-8-18/h4-15,17H,3,16H2,1-2H3/b22-15+. The van der Waals surface area contributed by atoms with Crippen molar-refractivity contribution in [1.82, 2.24) is 4.90 Å². The van der Waals surface area contributed by atoms with Crippen LogP contribution >= 0.6 is 24.0 Å². The minimum absolute atomic E-state index is 0.330. The maximum Gasteiger partial charge on any atom is 0.338 e. The van der Waals surface area contributed by atoms with Crippen LogP contribution in [-0.4, -0.2) is 35.1 Å². The van der Waals surface area contributed by atoms with Gasteiger partial charge in [0, 0.05) is 19.2 Å². The molecule has 0 bridgehead atoms. The van der Waals surface area contributed by atoms with E-state index in [9.17, 15) is 9.59 Å². The number of thioether (sulfide) groups is 1. The Morgan fingerprint density at radius 2 is 1.81 bits per heavy atom. The van der Waals surface area contributed by atoms with Gasteiger partial charge in [-0.3, -0.25) is 4.79 Å². The highest BCUT2D eigenvalue weighted by atomic mass is 32.2. The normalized spacial score (nSPS) is 11.1. The van der Waals surface area contributed by atoms with Gasteiger partial charge in [0.1, 0.15) is 15.8 Å². The minimum atomic E-state index is -0.358. The Hall–Kier alpha value is -3.16. The van der Waals surface area contributed by atoms with Gasteiger partial charge in [-0.25, -0.2) is 4.79 Å². The van der Waals surface area contributed by atoms with Crippen molar-refractivity contribution >= 4 is 46.6 Å². The van der Waals surface area contributed by atoms with Crippen molar-refractivity contribution in [2.45, 2.75) is 13.5 Å². The van der Waals surface area contributed by atoms with Crippen molar-refractivity contribution in [2.24, 2.45) is 0 Å². The average molecular weight is 466 g/mol. The molecule has 1 heterocycles. The Morgan fingerprint density at radius 1 is 1.09 bits per heavy atom. The summed E-state index contributed by atoms with van der Waals surface area (Å²) in [5.74, 6) is 0.811. The fourth-order valence-corrected chi connectivity index (χ4v) is 3.90. The lowest BCUT2D eigenvalue weighted by atomic mass is 10.1. The second-order valence-corrected chi connectivity index (χ2v) is 8.58. The number of rotatable bonds is 8. The van der Waals surface area contributed by atoms with E-state index in [-0.39, 0.29) is 5.97 Å². The lowest BCUT2D eigenvalue weighted by Gasteiger charge is -2.19. The zero-order valence-electron chi connectivity index (χ0n) is 17.8. The lowest BCUT2D eigenvalue weighted by Crippen LogP contribution is -2.21. The van der Waals surface area contributed by atoms with Gasteiger partial charge in [-0.15, -0.1) is 0 Å². The van der Waals surface area contributed by atoms with Crippen LogP contribution in [0.2, 0.25) is 0 Å². The fraction of sp³-hybridized carbons (Fsp3) is 0.160. The summed E-state index contributed by atoms with van der Waals surface area (Å²) in [6, 6.07) is 20.6. The molecule has 0 atom stereocenters. The van der Waals surface area contributed by atoms with Crippen LogP contribution in [0.4, 0.5) is 0 Å². The van der Waals surface area contributed by atoms with Crippen LogP contribution in [0, 0.1) is 0 Å². The number of hydrogen-bond donors (Lipinski definition) is 0. The number of furan rings is 1. The molecule has 0 unspecified atom stereocenters. The van der Waals surface area contributed by atoms with Crippen LogP contribution in [0.3, 0.4) is 0 Å². The summed E-state index contributed by atoms with van der Waals surface area (Å²) in [7, 11) is 1.90. The Balaban J connectivity index is 1.66. The van der Waals surface area contributed by atoms with Gasteiger partial charge in [0.05, 0.1) is 17.1 Å². The van der Waals surface area contributed by atoms with Gasteiger partial charge in [0.15, 0.2) is 6.29 Å². The predicted octanol–water partition coefficient (Wildman–Crippen LogP) is 5.81. The molecule has 3 rings (SSSR count). The molecule has 0 aliphatic rings. The quantitative estimate of drug-likeness (QED) is 0.180. The fourth-order valence-electron chi connectivity index (χ4n) is 2.90. The van der Waals surface area contributed by atoms with E-state index >= 15 is 0 Å². The third-order valence-corrected chi connectivity index (χ3v) is 5.99. The third-order valence-electron chi connectivity index (χ3n) is 4.49. The number of aldehydes is 1. The van der Waals surface area contributed by atoms with Gasteiger partial charge in [0.2, 0.25) is 0 Å². The highest BCUT2D eigenvalue weighted by molar-refractivity contribution is 8.26. The molecule has 2 aromatic carbocycles. The van der Waals surface area contributed by atoms with Gasteiger partial charge < -0.3 is 14.1 Å². The number of hydrogen-bond acceptors (Lipinski definition) is 6. The van der Waals surface area contributed by atoms with Crippen LogP contribution in [0.1, 0.15) is 28.6 Å². The maximum absolute atomic E-state index is 11.8. The molecular formula is C25H23NO4S2. The summed E-state index contributed by atoms with van der Waals surface area (Å²) >= 11 is 6.71. The Morgan fingerprint density at radius 3 is 2.47 bits per heavy atom. The molecule has 0 radical (unpaired) electrons. The number of carbonyl (C=O) groups excluding carboxylic acids is 2. The molecular weight excluding hydrogens is 442 g/mol. The van der Waals surface area contributed by atoms with Gasteiger partial charge in [0.25, 0.3) is 0 Å². The van der Waals surface area contributed by atoms with Crippen LogP contribution in [0.5, 0.6) is 0 Å². The summed E-state index contributed by atoms with van der Waals surface area (Å²) in [6.45, 7) is 2.76. The monoisotopic (exact) mass is 465 g/mol. The molecule has 0 aliphatic heterocycles. The number of allylic oxidation sites excluding steroid dienone is 1. The number of carbonyl (C=O) groups is 2. The van der Waals surface area contributed by atoms with Crippen molar-refractivity contribution in [3.63, 3.8) is 0 Å². The van der Waals surface area contributed by atoms with Crippen LogP contribution < -0.4 is 0 Å². The molecule has 7 heteroatoms. The SMILES string of the molecule is CCOC(=O)c1ccc(-c2ccc(/C=C(\C=O)SC(=S)N(C)Cc3ccccc3)o2)cc1. The van der Waals surface area contributed by atoms with Crippen molar-refractivity contribution in [3.8, 4) is 11.3 Å². The summed E-state index contributed by atoms with van der Waals surface area (Å²) < 4.78 is 11.5. The van der Waals surface area contributed by atoms with Crippen molar-refractivity contribution in [1.29, 1.82) is 0 Å². The molecule has 0 saturated carbocycles. The van der Waals surface area contributed by atoms with Gasteiger partial charge in [-0.1, -0.05) is 66.4 Å². The summed E-state index contributed by atoms with van der Waals surface area (Å²) in [4.78, 5) is 25.8. The van der Waals surface area contributed by atoms with E-state index in [1.54, 1.807) is 43.3 Å².